The summed E-state index contributed by atoms with van der Waals surface area (Å²) in [6, 6.07) is 9.55. The van der Waals surface area contributed by atoms with Gasteiger partial charge in [-0.2, -0.15) is 10.1 Å². The number of nitrogens with zero attached hydrogens (tertiary/aromatic N) is 4. The quantitative estimate of drug-likeness (QED) is 0.261. The van der Waals surface area contributed by atoms with E-state index in [-0.39, 0.29) is 5.92 Å². The Morgan fingerprint density at radius 3 is 2.65 bits per heavy atom. The lowest BCUT2D eigenvalue weighted by atomic mass is 10.1. The number of rotatable bonds is 4. The summed E-state index contributed by atoms with van der Waals surface area (Å²) in [6.07, 6.45) is 4.98. The van der Waals surface area contributed by atoms with Crippen LogP contribution in [0.4, 0.5) is 0 Å². The zero-order valence-corrected chi connectivity index (χ0v) is 21.6. The molecule has 1 saturated carbocycles. The highest BCUT2D eigenvalue weighted by atomic mass is 35.5. The lowest BCUT2D eigenvalue weighted by molar-refractivity contribution is 0.417. The molecule has 0 spiro atoms. The first-order valence-electron chi connectivity index (χ1n) is 11.4. The third-order valence-corrected chi connectivity index (χ3v) is 7.56. The fourth-order valence-corrected chi connectivity index (χ4v) is 5.60. The maximum Gasteiger partial charge on any atom is 0.278 e. The summed E-state index contributed by atoms with van der Waals surface area (Å²) >= 11 is 14.4. The van der Waals surface area contributed by atoms with E-state index in [1.54, 1.807) is 23.5 Å². The van der Waals surface area contributed by atoms with E-state index in [0.717, 1.165) is 26.7 Å². The van der Waals surface area contributed by atoms with Crippen molar-refractivity contribution >= 4 is 34.5 Å². The van der Waals surface area contributed by atoms with Gasteiger partial charge in [0.1, 0.15) is 0 Å². The van der Waals surface area contributed by atoms with Crippen LogP contribution < -0.4 is 0 Å². The molecule has 1 aliphatic carbocycles. The van der Waals surface area contributed by atoms with Crippen molar-refractivity contribution in [1.82, 2.24) is 19.9 Å². The second kappa shape index (κ2) is 9.58. The third-order valence-electron chi connectivity index (χ3n) is 6.01. The second-order valence-electron chi connectivity index (χ2n) is 8.86. The van der Waals surface area contributed by atoms with E-state index in [0.29, 0.717) is 33.4 Å². The average molecular weight is 511 g/mol. The van der Waals surface area contributed by atoms with Gasteiger partial charge in [0.2, 0.25) is 0 Å². The fourth-order valence-electron chi connectivity index (χ4n) is 4.16. The molecule has 0 amide bonds. The highest BCUT2D eigenvalue weighted by molar-refractivity contribution is 7.16. The molecule has 8 heteroatoms. The van der Waals surface area contributed by atoms with Gasteiger partial charge in [-0.05, 0) is 50.1 Å². The zero-order valence-electron chi connectivity index (χ0n) is 19.2. The number of benzene rings is 1. The Bertz CT molecular complexity index is 1400. The summed E-state index contributed by atoms with van der Waals surface area (Å²) in [5.74, 6) is 8.55. The van der Waals surface area contributed by atoms with Gasteiger partial charge >= 0.3 is 0 Å². The number of hydrogen-bond acceptors (Lipinski definition) is 5. The van der Waals surface area contributed by atoms with Gasteiger partial charge < -0.3 is 4.52 Å². The van der Waals surface area contributed by atoms with Crippen LogP contribution in [0.15, 0.2) is 34.9 Å². The maximum atomic E-state index is 6.59. The van der Waals surface area contributed by atoms with Crippen LogP contribution in [0.5, 0.6) is 0 Å². The van der Waals surface area contributed by atoms with Gasteiger partial charge in [0.15, 0.2) is 11.5 Å². The van der Waals surface area contributed by atoms with Gasteiger partial charge in [-0.25, -0.2) is 4.68 Å². The van der Waals surface area contributed by atoms with Crippen LogP contribution in [0.1, 0.15) is 61.7 Å². The van der Waals surface area contributed by atoms with Crippen LogP contribution in [-0.2, 0) is 0 Å². The van der Waals surface area contributed by atoms with Gasteiger partial charge in [0, 0.05) is 22.4 Å². The Kier molecular flexibility index (Phi) is 6.52. The largest absolute Gasteiger partial charge is 0.332 e. The minimum Gasteiger partial charge on any atom is -0.332 e. The topological polar surface area (TPSA) is 56.7 Å². The van der Waals surface area contributed by atoms with Crippen molar-refractivity contribution < 1.29 is 4.52 Å². The van der Waals surface area contributed by atoms with Crippen molar-refractivity contribution in [1.29, 1.82) is 0 Å². The Hall–Kier alpha value is -2.59. The van der Waals surface area contributed by atoms with E-state index in [2.05, 4.69) is 34.1 Å². The number of hydrogen-bond donors (Lipinski definition) is 0. The van der Waals surface area contributed by atoms with E-state index < -0.39 is 0 Å². The van der Waals surface area contributed by atoms with E-state index in [4.69, 9.17) is 32.8 Å². The molecule has 5 rings (SSSR count). The van der Waals surface area contributed by atoms with Crippen molar-refractivity contribution in [3.05, 3.63) is 56.6 Å². The molecule has 5 nitrogen and oxygen atoms in total. The number of aromatic nitrogens is 4. The van der Waals surface area contributed by atoms with E-state index >= 15 is 0 Å². The van der Waals surface area contributed by atoms with Crippen molar-refractivity contribution in [2.45, 2.75) is 52.4 Å². The highest BCUT2D eigenvalue weighted by Crippen LogP contribution is 2.38. The monoisotopic (exact) mass is 510 g/mol. The van der Waals surface area contributed by atoms with E-state index in [1.807, 2.05) is 31.5 Å². The SMILES string of the molecule is Cc1c(-c2nc(C(C)C)no2)nn(-c2ccc(Cl)cc2Cl)c1-c1ccc(C#CC2CCCC2)s1. The molecule has 34 heavy (non-hydrogen) atoms. The molecule has 0 radical (unpaired) electrons. The van der Waals surface area contributed by atoms with Gasteiger partial charge in [0.25, 0.3) is 5.89 Å². The molecular weight excluding hydrogens is 487 g/mol. The van der Waals surface area contributed by atoms with Crippen molar-refractivity contribution in [2.24, 2.45) is 5.92 Å². The maximum absolute atomic E-state index is 6.59. The molecule has 0 atom stereocenters. The summed E-state index contributed by atoms with van der Waals surface area (Å²) in [5.41, 5.74) is 3.21. The smallest absolute Gasteiger partial charge is 0.278 e. The van der Waals surface area contributed by atoms with Crippen LogP contribution in [-0.4, -0.2) is 19.9 Å². The predicted octanol–water partition coefficient (Wildman–Crippen LogP) is 7.93. The standard InChI is InChI=1S/C26H24Cl2N4OS/c1-15(2)25-29-26(33-31-25)23-16(3)24(32(30-23)21-12-9-18(27)14-20(21)28)22-13-11-19(34-22)10-8-17-6-4-5-7-17/h9,11-15,17H,4-7H2,1-3H3. The molecule has 1 aromatic carbocycles. The van der Waals surface area contributed by atoms with E-state index in [1.165, 1.54) is 25.7 Å². The molecule has 1 aliphatic rings. The van der Waals surface area contributed by atoms with Crippen molar-refractivity contribution in [2.75, 3.05) is 0 Å². The highest BCUT2D eigenvalue weighted by Gasteiger charge is 2.25. The first kappa shape index (κ1) is 23.2. The third kappa shape index (κ3) is 4.53. The van der Waals surface area contributed by atoms with Gasteiger partial charge in [-0.1, -0.05) is 66.9 Å². The Morgan fingerprint density at radius 2 is 1.94 bits per heavy atom. The van der Waals surface area contributed by atoms with Crippen LogP contribution in [0, 0.1) is 24.7 Å². The van der Waals surface area contributed by atoms with Crippen molar-refractivity contribution in [3.8, 4) is 39.7 Å². The number of thiophene rings is 1. The molecule has 174 valence electrons. The molecular formula is C26H24Cl2N4OS. The zero-order chi connectivity index (χ0) is 23.8. The van der Waals surface area contributed by atoms with Crippen molar-refractivity contribution in [3.63, 3.8) is 0 Å². The van der Waals surface area contributed by atoms with Gasteiger partial charge in [-0.15, -0.1) is 11.3 Å². The van der Waals surface area contributed by atoms with Gasteiger partial charge in [0.05, 0.1) is 26.2 Å². The summed E-state index contributed by atoms with van der Waals surface area (Å²) in [6.45, 7) is 6.07. The summed E-state index contributed by atoms with van der Waals surface area (Å²) in [5, 5.41) is 10.1. The first-order chi connectivity index (χ1) is 16.4. The first-order valence-corrected chi connectivity index (χ1v) is 13.0. The van der Waals surface area contributed by atoms with Crippen LogP contribution in [0.3, 0.4) is 0 Å². The molecule has 3 heterocycles. The molecule has 0 unspecified atom stereocenters. The molecule has 1 fully saturated rings. The van der Waals surface area contributed by atoms with Crippen LogP contribution in [0.25, 0.3) is 27.8 Å². The molecule has 3 aromatic heterocycles. The molecule has 0 saturated heterocycles. The predicted molar refractivity (Wildman–Crippen MR) is 138 cm³/mol. The molecule has 0 bridgehead atoms. The lowest BCUT2D eigenvalue weighted by Gasteiger charge is -2.09. The summed E-state index contributed by atoms with van der Waals surface area (Å²) in [7, 11) is 0. The number of halogens is 2. The van der Waals surface area contributed by atoms with Gasteiger partial charge in [-0.3, -0.25) is 0 Å². The van der Waals surface area contributed by atoms with Crippen LogP contribution >= 0.6 is 34.5 Å². The summed E-state index contributed by atoms with van der Waals surface area (Å²) < 4.78 is 7.41. The molecule has 0 N–H and O–H groups in total. The Morgan fingerprint density at radius 1 is 1.15 bits per heavy atom. The van der Waals surface area contributed by atoms with E-state index in [9.17, 15) is 0 Å². The minimum atomic E-state index is 0.156. The van der Waals surface area contributed by atoms with Crippen LogP contribution in [0.2, 0.25) is 10.0 Å². The molecule has 4 aromatic rings. The Balaban J connectivity index is 1.62. The summed E-state index contributed by atoms with van der Waals surface area (Å²) in [4.78, 5) is 6.65. The Labute approximate surface area is 213 Å². The average Bonchev–Trinajstić information content (AvgIpc) is 3.59. The molecule has 0 aliphatic heterocycles. The fraction of sp³-hybridized carbons (Fsp3) is 0.346. The normalized spacial score (nSPS) is 14.1. The lowest BCUT2D eigenvalue weighted by Crippen LogP contribution is -2.00. The minimum absolute atomic E-state index is 0.156. The second-order valence-corrected chi connectivity index (χ2v) is 10.8.